The summed E-state index contributed by atoms with van der Waals surface area (Å²) in [6.45, 7) is 8.85. The highest BCUT2D eigenvalue weighted by Crippen LogP contribution is 2.25. The fourth-order valence-corrected chi connectivity index (χ4v) is 2.38. The number of hydrogen-bond acceptors (Lipinski definition) is 3. The minimum Gasteiger partial charge on any atom is -0.383 e. The van der Waals surface area contributed by atoms with Gasteiger partial charge in [-0.05, 0) is 29.7 Å². The Balaban J connectivity index is 2.31. The van der Waals surface area contributed by atoms with Gasteiger partial charge in [-0.2, -0.15) is 0 Å². The van der Waals surface area contributed by atoms with Crippen molar-refractivity contribution in [1.82, 2.24) is 5.32 Å². The fraction of sp³-hybridized carbons (Fsp3) is 0.571. The van der Waals surface area contributed by atoms with Crippen molar-refractivity contribution in [2.45, 2.75) is 19.8 Å². The first-order valence-corrected chi connectivity index (χ1v) is 6.94. The first kappa shape index (κ1) is 14.4. The highest BCUT2D eigenvalue weighted by atomic mass is 32.1. The highest BCUT2D eigenvalue weighted by molar-refractivity contribution is 7.09. The lowest BCUT2D eigenvalue weighted by Gasteiger charge is -2.26. The molecule has 0 aliphatic carbocycles. The van der Waals surface area contributed by atoms with Crippen LogP contribution in [0.5, 0.6) is 0 Å². The van der Waals surface area contributed by atoms with Gasteiger partial charge in [0.25, 0.3) is 0 Å². The van der Waals surface area contributed by atoms with Gasteiger partial charge in [0, 0.05) is 25.1 Å². The quantitative estimate of drug-likeness (QED) is 0.539. The average molecular weight is 253 g/mol. The molecule has 1 aromatic rings. The van der Waals surface area contributed by atoms with Crippen molar-refractivity contribution in [1.29, 1.82) is 0 Å². The summed E-state index contributed by atoms with van der Waals surface area (Å²) in [6, 6.07) is 4.31. The molecule has 1 unspecified atom stereocenters. The molecule has 17 heavy (non-hydrogen) atoms. The normalized spacial score (nSPS) is 14.5. The minimum atomic E-state index is 0.164. The molecule has 0 fully saturated rings. The van der Waals surface area contributed by atoms with Gasteiger partial charge in [-0.3, -0.25) is 0 Å². The summed E-state index contributed by atoms with van der Waals surface area (Å²) in [6.07, 6.45) is 4.34. The summed E-state index contributed by atoms with van der Waals surface area (Å²) in [4.78, 5) is 1.45. The predicted molar refractivity (Wildman–Crippen MR) is 75.7 cm³/mol. The Morgan fingerprint density at radius 1 is 1.59 bits per heavy atom. The van der Waals surface area contributed by atoms with Gasteiger partial charge in [0.1, 0.15) is 0 Å². The molecule has 2 nitrogen and oxygen atoms in total. The van der Waals surface area contributed by atoms with Crippen molar-refractivity contribution in [2.24, 2.45) is 5.41 Å². The van der Waals surface area contributed by atoms with E-state index in [0.29, 0.717) is 0 Å². The molecule has 0 saturated carbocycles. The van der Waals surface area contributed by atoms with Crippen LogP contribution >= 0.6 is 11.3 Å². The second-order valence-electron chi connectivity index (χ2n) is 4.61. The van der Waals surface area contributed by atoms with Crippen LogP contribution in [0.1, 0.15) is 18.2 Å². The van der Waals surface area contributed by atoms with E-state index in [2.05, 4.69) is 42.4 Å². The number of ether oxygens (including phenoxy) is 1. The lowest BCUT2D eigenvalue weighted by Crippen LogP contribution is -2.32. The molecule has 0 spiro atoms. The van der Waals surface area contributed by atoms with E-state index in [4.69, 9.17) is 4.74 Å². The van der Waals surface area contributed by atoms with Gasteiger partial charge in [0.2, 0.25) is 0 Å². The molecule has 1 aromatic heterocycles. The lowest BCUT2D eigenvalue weighted by molar-refractivity contribution is 0.195. The van der Waals surface area contributed by atoms with Crippen LogP contribution in [0, 0.1) is 5.41 Å². The summed E-state index contributed by atoms with van der Waals surface area (Å²) in [5.41, 5.74) is 0.164. The van der Waals surface area contributed by atoms with Crippen LogP contribution in [-0.2, 0) is 11.2 Å². The number of hydrogen-bond donors (Lipinski definition) is 1. The smallest absolute Gasteiger partial charge is 0.0587 e. The average Bonchev–Trinajstić information content (AvgIpc) is 2.85. The van der Waals surface area contributed by atoms with Crippen molar-refractivity contribution in [2.75, 3.05) is 26.8 Å². The predicted octanol–water partition coefficient (Wildman–Crippen LogP) is 3.11. The molecule has 0 amide bonds. The summed E-state index contributed by atoms with van der Waals surface area (Å²) < 4.78 is 5.02. The van der Waals surface area contributed by atoms with E-state index in [9.17, 15) is 0 Å². The molecule has 3 heteroatoms. The first-order valence-electron chi connectivity index (χ1n) is 6.06. The Morgan fingerprint density at radius 3 is 3.00 bits per heavy atom. The Hall–Kier alpha value is -0.640. The number of aryl methyl sites for hydroxylation is 1. The van der Waals surface area contributed by atoms with Gasteiger partial charge in [0.05, 0.1) is 6.61 Å². The van der Waals surface area contributed by atoms with Crippen LogP contribution in [0.2, 0.25) is 0 Å². The highest BCUT2D eigenvalue weighted by Gasteiger charge is 2.19. The van der Waals surface area contributed by atoms with Crippen LogP contribution < -0.4 is 5.32 Å². The van der Waals surface area contributed by atoms with E-state index >= 15 is 0 Å². The van der Waals surface area contributed by atoms with E-state index in [1.807, 2.05) is 11.3 Å². The standard InChI is InChI=1S/C14H23NOS/c1-4-14(2,12-15-9-10-16-3)8-7-13-6-5-11-17-13/h4-6,11,15H,1,7-10,12H2,2-3H3. The maximum Gasteiger partial charge on any atom is 0.0587 e. The number of nitrogens with one attached hydrogen (secondary N) is 1. The zero-order valence-corrected chi connectivity index (χ0v) is 11.7. The molecular weight excluding hydrogens is 230 g/mol. The Labute approximate surface area is 109 Å². The molecule has 0 bridgehead atoms. The third-order valence-corrected chi connectivity index (χ3v) is 3.96. The third-order valence-electron chi connectivity index (χ3n) is 3.03. The molecule has 0 radical (unpaired) electrons. The second kappa shape index (κ2) is 7.64. The van der Waals surface area contributed by atoms with Crippen molar-refractivity contribution >= 4 is 11.3 Å². The van der Waals surface area contributed by atoms with Crippen molar-refractivity contribution in [3.05, 3.63) is 35.0 Å². The van der Waals surface area contributed by atoms with Gasteiger partial charge in [-0.1, -0.05) is 19.1 Å². The Kier molecular flexibility index (Phi) is 6.48. The monoisotopic (exact) mass is 253 g/mol. The van der Waals surface area contributed by atoms with Crippen LogP contribution in [0.15, 0.2) is 30.2 Å². The molecule has 1 N–H and O–H groups in total. The summed E-state index contributed by atoms with van der Waals surface area (Å²) >= 11 is 1.83. The van der Waals surface area contributed by atoms with Gasteiger partial charge < -0.3 is 10.1 Å². The summed E-state index contributed by atoms with van der Waals surface area (Å²) in [7, 11) is 1.73. The summed E-state index contributed by atoms with van der Waals surface area (Å²) in [5, 5.41) is 5.55. The Morgan fingerprint density at radius 2 is 2.41 bits per heavy atom. The van der Waals surface area contributed by atoms with Crippen molar-refractivity contribution < 1.29 is 4.74 Å². The first-order chi connectivity index (χ1) is 8.20. The lowest BCUT2D eigenvalue weighted by atomic mass is 9.85. The topological polar surface area (TPSA) is 21.3 Å². The van der Waals surface area contributed by atoms with Gasteiger partial charge in [0.15, 0.2) is 0 Å². The van der Waals surface area contributed by atoms with Gasteiger partial charge >= 0.3 is 0 Å². The molecule has 1 rings (SSSR count). The Bertz CT molecular complexity index is 310. The molecule has 1 atom stereocenters. The zero-order valence-electron chi connectivity index (χ0n) is 10.9. The largest absolute Gasteiger partial charge is 0.383 e. The maximum atomic E-state index is 5.02. The van der Waals surface area contributed by atoms with Crippen LogP contribution in [0.25, 0.3) is 0 Å². The summed E-state index contributed by atoms with van der Waals surface area (Å²) in [5.74, 6) is 0. The van der Waals surface area contributed by atoms with E-state index < -0.39 is 0 Å². The molecule has 0 aliphatic rings. The van der Waals surface area contributed by atoms with Crippen molar-refractivity contribution in [3.8, 4) is 0 Å². The molecule has 0 saturated heterocycles. The van der Waals surface area contributed by atoms with Gasteiger partial charge in [-0.25, -0.2) is 0 Å². The molecule has 0 aliphatic heterocycles. The number of methoxy groups -OCH3 is 1. The number of thiophene rings is 1. The van der Waals surface area contributed by atoms with Crippen LogP contribution in [0.4, 0.5) is 0 Å². The zero-order chi connectivity index (χ0) is 12.6. The van der Waals surface area contributed by atoms with Crippen molar-refractivity contribution in [3.63, 3.8) is 0 Å². The number of rotatable bonds is 9. The maximum absolute atomic E-state index is 5.02. The molecule has 1 heterocycles. The van der Waals surface area contributed by atoms with E-state index in [0.717, 1.165) is 32.5 Å². The van der Waals surface area contributed by atoms with Gasteiger partial charge in [-0.15, -0.1) is 17.9 Å². The van der Waals surface area contributed by atoms with Crippen LogP contribution in [-0.4, -0.2) is 26.8 Å². The van der Waals surface area contributed by atoms with E-state index in [-0.39, 0.29) is 5.41 Å². The van der Waals surface area contributed by atoms with Crippen LogP contribution in [0.3, 0.4) is 0 Å². The van der Waals surface area contributed by atoms with E-state index in [1.165, 1.54) is 4.88 Å². The molecular formula is C14H23NOS. The third kappa shape index (κ3) is 5.48. The second-order valence-corrected chi connectivity index (χ2v) is 5.64. The SMILES string of the molecule is C=CC(C)(CCc1cccs1)CNCCOC. The minimum absolute atomic E-state index is 0.164. The fourth-order valence-electron chi connectivity index (χ4n) is 1.67. The van der Waals surface area contributed by atoms with E-state index in [1.54, 1.807) is 7.11 Å². The molecule has 0 aromatic carbocycles. The molecule has 96 valence electrons.